The van der Waals surface area contributed by atoms with E-state index in [1.807, 2.05) is 0 Å². The maximum Gasteiger partial charge on any atom is 0.325 e. The number of halogens is 1. The zero-order valence-electron chi connectivity index (χ0n) is 12.3. The van der Waals surface area contributed by atoms with Crippen LogP contribution in [0.5, 0.6) is 11.5 Å². The molecule has 24 heavy (non-hydrogen) atoms. The molecular weight excluding hydrogens is 337 g/mol. The highest BCUT2D eigenvalue weighted by Gasteiger charge is 2.51. The summed E-state index contributed by atoms with van der Waals surface area (Å²) < 4.78 is 45.8. The SMILES string of the molecule is [B]C1([B])C(=O)NS(=O)(=O)N1c1c(O)cc2ccc(OC)cc2c1F. The number of ether oxygens (including phenoxy) is 1. The average Bonchev–Trinajstić information content (AvgIpc) is 2.65. The highest BCUT2D eigenvalue weighted by Crippen LogP contribution is 2.41. The van der Waals surface area contributed by atoms with Crippen molar-refractivity contribution in [1.29, 1.82) is 0 Å². The van der Waals surface area contributed by atoms with Crippen LogP contribution in [0.15, 0.2) is 24.3 Å². The number of carbonyl (C=O) groups is 1. The average molecular weight is 346 g/mol. The Morgan fingerprint density at radius 3 is 2.54 bits per heavy atom. The van der Waals surface area contributed by atoms with Gasteiger partial charge in [-0.25, -0.2) is 13.4 Å². The lowest BCUT2D eigenvalue weighted by molar-refractivity contribution is -0.119. The first kappa shape index (κ1) is 16.4. The van der Waals surface area contributed by atoms with E-state index in [2.05, 4.69) is 0 Å². The van der Waals surface area contributed by atoms with Gasteiger partial charge in [-0.3, -0.25) is 4.79 Å². The van der Waals surface area contributed by atoms with Gasteiger partial charge in [-0.2, -0.15) is 8.42 Å². The molecule has 0 atom stereocenters. The molecule has 0 saturated carbocycles. The molecule has 0 aliphatic carbocycles. The van der Waals surface area contributed by atoms with Gasteiger partial charge in [0.05, 0.1) is 12.4 Å². The molecule has 11 heteroatoms. The quantitative estimate of drug-likeness (QED) is 0.739. The number of fused-ring (bicyclic) bond motifs is 1. The van der Waals surface area contributed by atoms with E-state index in [9.17, 15) is 22.7 Å². The Balaban J connectivity index is 2.36. The first-order valence-corrected chi connectivity index (χ1v) is 7.98. The van der Waals surface area contributed by atoms with Crippen LogP contribution in [-0.4, -0.2) is 47.6 Å². The summed E-state index contributed by atoms with van der Waals surface area (Å²) in [5.74, 6) is -2.81. The van der Waals surface area contributed by atoms with Crippen molar-refractivity contribution in [2.45, 2.75) is 5.34 Å². The van der Waals surface area contributed by atoms with E-state index < -0.39 is 38.7 Å². The van der Waals surface area contributed by atoms with Gasteiger partial charge in [0, 0.05) is 5.39 Å². The van der Waals surface area contributed by atoms with Crippen LogP contribution in [0.1, 0.15) is 0 Å². The molecule has 1 fully saturated rings. The lowest BCUT2D eigenvalue weighted by Gasteiger charge is -2.30. The monoisotopic (exact) mass is 346 g/mol. The largest absolute Gasteiger partial charge is 0.506 e. The lowest BCUT2D eigenvalue weighted by atomic mass is 9.61. The number of nitrogens with one attached hydrogen (secondary N) is 1. The number of hydrogen-bond acceptors (Lipinski definition) is 5. The number of hydrogen-bond donors (Lipinski definition) is 2. The summed E-state index contributed by atoms with van der Waals surface area (Å²) in [7, 11) is 7.84. The predicted octanol–water partition coefficient (Wildman–Crippen LogP) is -0.135. The van der Waals surface area contributed by atoms with Crippen molar-refractivity contribution in [3.05, 3.63) is 30.1 Å². The van der Waals surface area contributed by atoms with Gasteiger partial charge < -0.3 is 9.84 Å². The van der Waals surface area contributed by atoms with E-state index in [0.717, 1.165) is 6.07 Å². The number of phenols is 1. The van der Waals surface area contributed by atoms with Gasteiger partial charge in [0.25, 0.3) is 0 Å². The fraction of sp³-hybridized carbons (Fsp3) is 0.154. The second-order valence-electron chi connectivity index (χ2n) is 5.17. The first-order valence-electron chi connectivity index (χ1n) is 6.54. The van der Waals surface area contributed by atoms with Crippen LogP contribution in [0, 0.1) is 5.82 Å². The third kappa shape index (κ3) is 2.19. The molecule has 1 aliphatic heterocycles. The van der Waals surface area contributed by atoms with E-state index in [-0.39, 0.29) is 15.1 Å². The van der Waals surface area contributed by atoms with Crippen molar-refractivity contribution in [3.63, 3.8) is 0 Å². The molecule has 0 bridgehead atoms. The number of nitrogens with zero attached hydrogens (tertiary/aromatic N) is 1. The Bertz CT molecular complexity index is 980. The van der Waals surface area contributed by atoms with Crippen LogP contribution in [0.2, 0.25) is 0 Å². The Kier molecular flexibility index (Phi) is 3.45. The summed E-state index contributed by atoms with van der Waals surface area (Å²) in [4.78, 5) is 11.7. The van der Waals surface area contributed by atoms with Crippen molar-refractivity contribution in [2.75, 3.05) is 11.4 Å². The van der Waals surface area contributed by atoms with Crippen molar-refractivity contribution in [2.24, 2.45) is 0 Å². The van der Waals surface area contributed by atoms with Crippen LogP contribution >= 0.6 is 0 Å². The van der Waals surface area contributed by atoms with E-state index in [0.29, 0.717) is 5.75 Å². The molecule has 2 aromatic carbocycles. The molecule has 0 spiro atoms. The molecule has 1 heterocycles. The van der Waals surface area contributed by atoms with Crippen molar-refractivity contribution < 1.29 is 27.4 Å². The van der Waals surface area contributed by atoms with Gasteiger partial charge in [0.15, 0.2) is 5.82 Å². The minimum Gasteiger partial charge on any atom is -0.506 e. The fourth-order valence-electron chi connectivity index (χ4n) is 2.47. The summed E-state index contributed by atoms with van der Waals surface area (Å²) >= 11 is 0. The summed E-state index contributed by atoms with van der Waals surface area (Å²) in [6, 6.07) is 5.44. The van der Waals surface area contributed by atoms with Gasteiger partial charge in [-0.15, -0.1) is 0 Å². The summed E-state index contributed by atoms with van der Waals surface area (Å²) in [6.45, 7) is 0. The molecule has 1 saturated heterocycles. The highest BCUT2D eigenvalue weighted by molar-refractivity contribution is 7.92. The normalized spacial score (nSPS) is 18.6. The van der Waals surface area contributed by atoms with Gasteiger partial charge in [-0.1, -0.05) is 6.07 Å². The topological polar surface area (TPSA) is 95.9 Å². The smallest absolute Gasteiger partial charge is 0.325 e. The number of methoxy groups -OCH3 is 1. The van der Waals surface area contributed by atoms with Crippen molar-refractivity contribution in [3.8, 4) is 11.5 Å². The second kappa shape index (κ2) is 5.04. The molecule has 7 nitrogen and oxygen atoms in total. The van der Waals surface area contributed by atoms with Crippen molar-refractivity contribution in [1.82, 2.24) is 4.72 Å². The number of benzene rings is 2. The minimum atomic E-state index is -4.57. The molecular formula is C13H9B2FN2O5S. The van der Waals surface area contributed by atoms with Crippen molar-refractivity contribution >= 4 is 48.3 Å². The molecule has 1 aliphatic rings. The third-order valence-electron chi connectivity index (χ3n) is 3.60. The van der Waals surface area contributed by atoms with E-state index in [4.69, 9.17) is 20.4 Å². The molecule has 3 rings (SSSR count). The fourth-order valence-corrected chi connectivity index (χ4v) is 3.85. The van der Waals surface area contributed by atoms with Gasteiger partial charge in [-0.05, 0) is 23.6 Å². The van der Waals surface area contributed by atoms with Crippen LogP contribution in [0.3, 0.4) is 0 Å². The molecule has 2 aromatic rings. The number of carbonyl (C=O) groups excluding carboxylic acids is 1. The number of phenolic OH excluding ortho intramolecular Hbond substituents is 1. The molecule has 120 valence electrons. The number of anilines is 1. The van der Waals surface area contributed by atoms with Crippen LogP contribution in [-0.2, 0) is 15.0 Å². The molecule has 1 amide bonds. The standard InChI is InChI=1S/C13H9B2FN2O5S/c1-23-7-3-2-6-4-9(19)11(10(16)8(6)5-7)18-13(14,15)12(20)17-24(18,21)22/h2-5,19H,1H3,(H,17,20). The van der Waals surface area contributed by atoms with E-state index in [1.165, 1.54) is 25.3 Å². The first-order chi connectivity index (χ1) is 11.1. The molecule has 2 N–H and O–H groups in total. The zero-order chi connectivity index (χ0) is 17.9. The maximum atomic E-state index is 14.9. The molecule has 0 unspecified atom stereocenters. The Labute approximate surface area is 139 Å². The number of amides is 1. The Morgan fingerprint density at radius 1 is 1.33 bits per heavy atom. The molecule has 4 radical (unpaired) electrons. The van der Waals surface area contributed by atoms with Crippen LogP contribution in [0.25, 0.3) is 10.8 Å². The molecule has 0 aromatic heterocycles. The maximum absolute atomic E-state index is 14.9. The Morgan fingerprint density at radius 2 is 2.00 bits per heavy atom. The summed E-state index contributed by atoms with van der Waals surface area (Å²) in [5.41, 5.74) is -0.834. The van der Waals surface area contributed by atoms with Crippen LogP contribution < -0.4 is 13.8 Å². The van der Waals surface area contributed by atoms with E-state index >= 15 is 0 Å². The lowest BCUT2D eigenvalue weighted by Crippen LogP contribution is -2.51. The van der Waals surface area contributed by atoms with Gasteiger partial charge in [0.2, 0.25) is 5.91 Å². The highest BCUT2D eigenvalue weighted by atomic mass is 32.2. The van der Waals surface area contributed by atoms with Gasteiger partial charge >= 0.3 is 10.2 Å². The summed E-state index contributed by atoms with van der Waals surface area (Å²) in [5, 5.41) is 7.74. The minimum absolute atomic E-state index is 0.0486. The predicted molar refractivity (Wildman–Crippen MR) is 85.9 cm³/mol. The summed E-state index contributed by atoms with van der Waals surface area (Å²) in [6.07, 6.45) is 0. The number of aromatic hydroxyl groups is 1. The van der Waals surface area contributed by atoms with E-state index in [1.54, 1.807) is 4.72 Å². The third-order valence-corrected chi connectivity index (χ3v) is 5.01. The zero-order valence-corrected chi connectivity index (χ0v) is 13.1. The van der Waals surface area contributed by atoms with Gasteiger partial charge in [0.1, 0.15) is 32.9 Å². The van der Waals surface area contributed by atoms with Crippen LogP contribution in [0.4, 0.5) is 10.1 Å². The Hall–Kier alpha value is -2.42. The second-order valence-corrected chi connectivity index (χ2v) is 6.69. The number of rotatable bonds is 2.